The zero-order valence-corrected chi connectivity index (χ0v) is 18.3. The van der Waals surface area contributed by atoms with E-state index in [9.17, 15) is 13.2 Å². The molecule has 2 fully saturated rings. The van der Waals surface area contributed by atoms with E-state index in [-0.39, 0.29) is 17.6 Å². The average molecular weight is 445 g/mol. The summed E-state index contributed by atoms with van der Waals surface area (Å²) in [6.07, 6.45) is 5.27. The first-order valence-electron chi connectivity index (χ1n) is 10.7. The molecule has 1 unspecified atom stereocenters. The number of nitrogens with zero attached hydrogens (tertiary/aromatic N) is 4. The second kappa shape index (κ2) is 9.74. The van der Waals surface area contributed by atoms with E-state index in [2.05, 4.69) is 9.97 Å². The van der Waals surface area contributed by atoms with Crippen molar-refractivity contribution in [2.75, 3.05) is 32.8 Å². The number of hydrogen-bond donors (Lipinski definition) is 0. The summed E-state index contributed by atoms with van der Waals surface area (Å²) >= 11 is 0. The van der Waals surface area contributed by atoms with Crippen molar-refractivity contribution in [1.82, 2.24) is 19.2 Å². The molecule has 8 nitrogen and oxygen atoms in total. The van der Waals surface area contributed by atoms with Gasteiger partial charge in [0, 0.05) is 50.9 Å². The summed E-state index contributed by atoms with van der Waals surface area (Å²) in [7, 11) is -3.32. The number of sulfonamides is 1. The van der Waals surface area contributed by atoms with Crippen LogP contribution in [0.15, 0.2) is 48.8 Å². The van der Waals surface area contributed by atoms with Crippen LogP contribution in [0.4, 0.5) is 0 Å². The molecule has 2 saturated heterocycles. The molecule has 0 N–H and O–H groups in total. The predicted octanol–water partition coefficient (Wildman–Crippen LogP) is 1.95. The maximum absolute atomic E-state index is 12.7. The molecule has 2 aliphatic rings. The molecule has 166 valence electrons. The molecule has 1 aromatic carbocycles. The van der Waals surface area contributed by atoms with Crippen LogP contribution in [-0.4, -0.2) is 66.3 Å². The zero-order chi connectivity index (χ0) is 21.7. The van der Waals surface area contributed by atoms with Gasteiger partial charge in [0.15, 0.2) is 0 Å². The minimum absolute atomic E-state index is 0.0376. The van der Waals surface area contributed by atoms with Gasteiger partial charge in [-0.3, -0.25) is 4.79 Å². The van der Waals surface area contributed by atoms with Crippen molar-refractivity contribution in [3.8, 4) is 6.01 Å². The van der Waals surface area contributed by atoms with Crippen molar-refractivity contribution in [1.29, 1.82) is 0 Å². The highest BCUT2D eigenvalue weighted by molar-refractivity contribution is 7.88. The Hall–Kier alpha value is -2.52. The molecular weight excluding hydrogens is 416 g/mol. The second-order valence-corrected chi connectivity index (χ2v) is 10.3. The minimum Gasteiger partial charge on any atom is -0.463 e. The molecule has 1 aromatic heterocycles. The van der Waals surface area contributed by atoms with Crippen molar-refractivity contribution in [3.05, 3.63) is 54.4 Å². The lowest BCUT2D eigenvalue weighted by Gasteiger charge is -2.33. The Kier molecular flexibility index (Phi) is 6.82. The fourth-order valence-corrected chi connectivity index (χ4v) is 5.82. The van der Waals surface area contributed by atoms with Crippen molar-refractivity contribution in [2.45, 2.75) is 25.0 Å². The number of carbonyl (C=O) groups excluding carboxylic acids is 1. The van der Waals surface area contributed by atoms with Crippen molar-refractivity contribution in [3.63, 3.8) is 0 Å². The molecular formula is C22H28N4O4S. The van der Waals surface area contributed by atoms with E-state index in [1.54, 1.807) is 22.8 Å². The molecule has 9 heteroatoms. The van der Waals surface area contributed by atoms with E-state index in [1.807, 2.05) is 35.2 Å². The lowest BCUT2D eigenvalue weighted by molar-refractivity contribution is -0.128. The summed E-state index contributed by atoms with van der Waals surface area (Å²) in [4.78, 5) is 22.4. The standard InChI is InChI=1S/C22H28N4O4S/c27-21-13-20(16-30-22-23-9-4-10-24-22)15-25(21)14-18-7-11-26(12-8-18)31(28,29)17-19-5-2-1-3-6-19/h1-6,9-10,18,20H,7-8,11-17H2. The molecule has 4 rings (SSSR count). The topological polar surface area (TPSA) is 92.7 Å². The van der Waals surface area contributed by atoms with Gasteiger partial charge < -0.3 is 9.64 Å². The van der Waals surface area contributed by atoms with Gasteiger partial charge in [-0.1, -0.05) is 30.3 Å². The fraction of sp³-hybridized carbons (Fsp3) is 0.500. The van der Waals surface area contributed by atoms with Gasteiger partial charge in [-0.2, -0.15) is 0 Å². The summed E-state index contributed by atoms with van der Waals surface area (Å²) in [5.41, 5.74) is 0.807. The number of amides is 1. The molecule has 0 radical (unpaired) electrons. The minimum atomic E-state index is -3.32. The van der Waals surface area contributed by atoms with E-state index in [1.165, 1.54) is 0 Å². The Labute approximate surface area is 183 Å². The Morgan fingerprint density at radius 1 is 1.00 bits per heavy atom. The Morgan fingerprint density at radius 3 is 2.42 bits per heavy atom. The first kappa shape index (κ1) is 21.7. The molecule has 1 atom stereocenters. The highest BCUT2D eigenvalue weighted by atomic mass is 32.2. The monoisotopic (exact) mass is 444 g/mol. The Bertz CT molecular complexity index is 964. The molecule has 0 aliphatic carbocycles. The summed E-state index contributed by atoms with van der Waals surface area (Å²) < 4.78 is 32.7. The molecule has 3 heterocycles. The van der Waals surface area contributed by atoms with Gasteiger partial charge in [0.25, 0.3) is 0 Å². The van der Waals surface area contributed by atoms with Gasteiger partial charge in [0.2, 0.25) is 15.9 Å². The summed E-state index contributed by atoms with van der Waals surface area (Å²) in [5, 5.41) is 0. The molecule has 1 amide bonds. The largest absolute Gasteiger partial charge is 0.463 e. The first-order valence-corrected chi connectivity index (χ1v) is 12.3. The van der Waals surface area contributed by atoms with Gasteiger partial charge in [-0.25, -0.2) is 22.7 Å². The van der Waals surface area contributed by atoms with Gasteiger partial charge in [0.1, 0.15) is 0 Å². The Morgan fingerprint density at radius 2 is 1.71 bits per heavy atom. The van der Waals surface area contributed by atoms with Gasteiger partial charge in [-0.05, 0) is 30.4 Å². The van der Waals surface area contributed by atoms with Crippen LogP contribution in [0.25, 0.3) is 0 Å². The van der Waals surface area contributed by atoms with Crippen LogP contribution >= 0.6 is 0 Å². The van der Waals surface area contributed by atoms with Gasteiger partial charge >= 0.3 is 6.01 Å². The molecule has 0 bridgehead atoms. The second-order valence-electron chi connectivity index (χ2n) is 8.30. The van der Waals surface area contributed by atoms with Crippen LogP contribution in [0.3, 0.4) is 0 Å². The molecule has 2 aromatic rings. The van der Waals surface area contributed by atoms with Crippen LogP contribution in [-0.2, 0) is 20.6 Å². The van der Waals surface area contributed by atoms with Gasteiger partial charge in [0.05, 0.1) is 12.4 Å². The first-order chi connectivity index (χ1) is 15.0. The lowest BCUT2D eigenvalue weighted by atomic mass is 9.97. The smallest absolute Gasteiger partial charge is 0.316 e. The average Bonchev–Trinajstić information content (AvgIpc) is 3.13. The number of ether oxygens (including phenoxy) is 1. The summed E-state index contributed by atoms with van der Waals surface area (Å²) in [5.74, 6) is 0.629. The third-order valence-electron chi connectivity index (χ3n) is 5.92. The molecule has 0 saturated carbocycles. The third-order valence-corrected chi connectivity index (χ3v) is 7.77. The normalized spacial score (nSPS) is 20.8. The van der Waals surface area contributed by atoms with Crippen molar-refractivity contribution >= 4 is 15.9 Å². The summed E-state index contributed by atoms with van der Waals surface area (Å²) in [6, 6.07) is 11.3. The van der Waals surface area contributed by atoms with E-state index in [0.717, 1.165) is 18.4 Å². The van der Waals surface area contributed by atoms with Crippen LogP contribution < -0.4 is 4.74 Å². The van der Waals surface area contributed by atoms with E-state index in [0.29, 0.717) is 51.1 Å². The third kappa shape index (κ3) is 5.80. The van der Waals surface area contributed by atoms with E-state index >= 15 is 0 Å². The number of aromatic nitrogens is 2. The number of hydrogen-bond acceptors (Lipinski definition) is 6. The van der Waals surface area contributed by atoms with Crippen LogP contribution in [0.5, 0.6) is 6.01 Å². The maximum atomic E-state index is 12.7. The highest BCUT2D eigenvalue weighted by Crippen LogP contribution is 2.26. The van der Waals surface area contributed by atoms with Crippen molar-refractivity contribution < 1.29 is 17.9 Å². The van der Waals surface area contributed by atoms with E-state index < -0.39 is 10.0 Å². The lowest BCUT2D eigenvalue weighted by Crippen LogP contribution is -2.42. The number of piperidine rings is 1. The number of carbonyl (C=O) groups is 1. The van der Waals surface area contributed by atoms with Crippen molar-refractivity contribution in [2.24, 2.45) is 11.8 Å². The van der Waals surface area contributed by atoms with Crippen LogP contribution in [0.2, 0.25) is 0 Å². The van der Waals surface area contributed by atoms with Crippen LogP contribution in [0, 0.1) is 11.8 Å². The highest BCUT2D eigenvalue weighted by Gasteiger charge is 2.34. The SMILES string of the molecule is O=C1CC(COc2ncccn2)CN1CC1CCN(S(=O)(=O)Cc2ccccc2)CC1. The molecule has 0 spiro atoms. The fourth-order valence-electron chi connectivity index (χ4n) is 4.25. The van der Waals surface area contributed by atoms with Crippen LogP contribution in [0.1, 0.15) is 24.8 Å². The number of benzene rings is 1. The Balaban J connectivity index is 1.23. The summed E-state index contributed by atoms with van der Waals surface area (Å²) in [6.45, 7) is 2.80. The quantitative estimate of drug-likeness (QED) is 0.618. The molecule has 2 aliphatic heterocycles. The van der Waals surface area contributed by atoms with Gasteiger partial charge in [-0.15, -0.1) is 0 Å². The zero-order valence-electron chi connectivity index (χ0n) is 17.5. The maximum Gasteiger partial charge on any atom is 0.316 e. The van der Waals surface area contributed by atoms with E-state index in [4.69, 9.17) is 4.74 Å². The number of rotatable bonds is 8. The number of likely N-dealkylation sites (tertiary alicyclic amines) is 1. The molecule has 31 heavy (non-hydrogen) atoms. The predicted molar refractivity (Wildman–Crippen MR) is 116 cm³/mol.